The Balaban J connectivity index is 1.37. The van der Waals surface area contributed by atoms with Crippen molar-refractivity contribution < 1.29 is 19.1 Å². The predicted molar refractivity (Wildman–Crippen MR) is 125 cm³/mol. The molecule has 7 nitrogen and oxygen atoms in total. The summed E-state index contributed by atoms with van der Waals surface area (Å²) in [5, 5.41) is 2.90. The lowest BCUT2D eigenvalue weighted by molar-refractivity contribution is -0.149. The van der Waals surface area contributed by atoms with Gasteiger partial charge < -0.3 is 15.0 Å². The number of ether oxygens (including phenoxy) is 1. The molecule has 0 aromatic heterocycles. The molecule has 2 saturated heterocycles. The Morgan fingerprint density at radius 1 is 0.970 bits per heavy atom. The largest absolute Gasteiger partial charge is 0.469 e. The van der Waals surface area contributed by atoms with Gasteiger partial charge in [-0.15, -0.1) is 0 Å². The van der Waals surface area contributed by atoms with Crippen LogP contribution < -0.4 is 5.32 Å². The number of rotatable bonds is 6. The van der Waals surface area contributed by atoms with E-state index in [1.807, 2.05) is 18.2 Å². The van der Waals surface area contributed by atoms with Gasteiger partial charge in [0, 0.05) is 32.7 Å². The van der Waals surface area contributed by atoms with Crippen LogP contribution in [0.3, 0.4) is 0 Å². The number of amides is 2. The van der Waals surface area contributed by atoms with Crippen LogP contribution in [0.2, 0.25) is 0 Å². The van der Waals surface area contributed by atoms with E-state index in [-0.39, 0.29) is 30.1 Å². The molecule has 0 saturated carbocycles. The van der Waals surface area contributed by atoms with E-state index in [1.54, 1.807) is 4.90 Å². The van der Waals surface area contributed by atoms with E-state index in [0.29, 0.717) is 45.6 Å². The first-order chi connectivity index (χ1) is 16.0. The maximum Gasteiger partial charge on any atom is 0.308 e. The minimum Gasteiger partial charge on any atom is -0.469 e. The normalized spacial score (nSPS) is 19.7. The quantitative estimate of drug-likeness (QED) is 0.686. The van der Waals surface area contributed by atoms with Crippen LogP contribution in [0, 0.1) is 5.92 Å². The summed E-state index contributed by atoms with van der Waals surface area (Å²) < 4.78 is 4.82. The lowest BCUT2D eigenvalue weighted by Gasteiger charge is -2.37. The number of hydrogen-bond donors (Lipinski definition) is 1. The molecular formula is C26H31N3O4. The highest BCUT2D eigenvalue weighted by molar-refractivity contribution is 5.89. The zero-order valence-electron chi connectivity index (χ0n) is 19.0. The van der Waals surface area contributed by atoms with Crippen molar-refractivity contribution >= 4 is 17.8 Å². The van der Waals surface area contributed by atoms with Gasteiger partial charge >= 0.3 is 5.97 Å². The summed E-state index contributed by atoms with van der Waals surface area (Å²) in [6, 6.07) is 18.1. The summed E-state index contributed by atoms with van der Waals surface area (Å²) in [6.07, 6.45) is 1.36. The third kappa shape index (κ3) is 5.60. The maximum absolute atomic E-state index is 13.0. The van der Waals surface area contributed by atoms with Crippen LogP contribution in [0.1, 0.15) is 24.8 Å². The number of hydrogen-bond acceptors (Lipinski definition) is 5. The number of piperidine rings is 1. The minimum absolute atomic E-state index is 0.0372. The number of carbonyl (C=O) groups is 3. The highest BCUT2D eigenvalue weighted by atomic mass is 16.5. The molecule has 1 N–H and O–H groups in total. The average Bonchev–Trinajstić information content (AvgIpc) is 2.86. The molecule has 2 aliphatic rings. The number of piperazine rings is 1. The van der Waals surface area contributed by atoms with Crippen LogP contribution >= 0.6 is 0 Å². The molecule has 33 heavy (non-hydrogen) atoms. The molecule has 2 heterocycles. The molecule has 2 aromatic carbocycles. The fraction of sp³-hybridized carbons (Fsp3) is 0.423. The highest BCUT2D eigenvalue weighted by Gasteiger charge is 2.34. The van der Waals surface area contributed by atoms with Gasteiger partial charge in [0.2, 0.25) is 11.8 Å². The third-order valence-corrected chi connectivity index (χ3v) is 6.64. The standard InChI is InChI=1S/C26H31N3O4/c1-33-26(32)22-11-14-28(15-12-22)24(30)17-23-25(31)27-13-16-29(23)18-19-7-9-21(10-8-19)20-5-3-2-4-6-20/h2-10,22-23H,11-18H2,1H3,(H,27,31)/t23-/m1/s1. The Bertz CT molecular complexity index is 969. The van der Waals surface area contributed by atoms with Crippen LogP contribution in [0.25, 0.3) is 11.1 Å². The summed E-state index contributed by atoms with van der Waals surface area (Å²) in [4.78, 5) is 41.2. The minimum atomic E-state index is -0.488. The molecule has 174 valence electrons. The molecule has 2 fully saturated rings. The Morgan fingerprint density at radius 3 is 2.30 bits per heavy atom. The molecule has 2 aromatic rings. The number of esters is 1. The van der Waals surface area contributed by atoms with Gasteiger partial charge in [-0.05, 0) is 29.5 Å². The summed E-state index contributed by atoms with van der Waals surface area (Å²) in [7, 11) is 1.39. The molecular weight excluding hydrogens is 418 g/mol. The molecule has 2 amide bonds. The van der Waals surface area contributed by atoms with Gasteiger partial charge in [0.15, 0.2) is 0 Å². The van der Waals surface area contributed by atoms with Crippen LogP contribution in [-0.2, 0) is 25.7 Å². The van der Waals surface area contributed by atoms with Crippen molar-refractivity contribution in [3.8, 4) is 11.1 Å². The van der Waals surface area contributed by atoms with Gasteiger partial charge in [0.25, 0.3) is 0 Å². The molecule has 7 heteroatoms. The molecule has 4 rings (SSSR count). The molecule has 1 atom stereocenters. The first kappa shape index (κ1) is 23.0. The van der Waals surface area contributed by atoms with E-state index in [9.17, 15) is 14.4 Å². The van der Waals surface area contributed by atoms with Crippen LogP contribution in [0.15, 0.2) is 54.6 Å². The number of carbonyl (C=O) groups excluding carboxylic acids is 3. The molecule has 0 aliphatic carbocycles. The van der Waals surface area contributed by atoms with Crippen molar-refractivity contribution in [2.45, 2.75) is 31.8 Å². The SMILES string of the molecule is COC(=O)C1CCN(C(=O)C[C@@H]2C(=O)NCCN2Cc2ccc(-c3ccccc3)cc2)CC1. The first-order valence-electron chi connectivity index (χ1n) is 11.6. The van der Waals surface area contributed by atoms with Crippen LogP contribution in [-0.4, -0.2) is 66.9 Å². The molecule has 0 spiro atoms. The van der Waals surface area contributed by atoms with Crippen molar-refractivity contribution in [3.05, 3.63) is 60.2 Å². The number of benzene rings is 2. The second kappa shape index (κ2) is 10.6. The summed E-state index contributed by atoms with van der Waals surface area (Å²) in [6.45, 7) is 2.94. The van der Waals surface area contributed by atoms with Gasteiger partial charge in [-0.1, -0.05) is 54.6 Å². The molecule has 0 radical (unpaired) electrons. The Hall–Kier alpha value is -3.19. The van der Waals surface area contributed by atoms with E-state index >= 15 is 0 Å². The second-order valence-corrected chi connectivity index (χ2v) is 8.72. The van der Waals surface area contributed by atoms with Gasteiger partial charge in [0.05, 0.1) is 25.5 Å². The Morgan fingerprint density at radius 2 is 1.64 bits per heavy atom. The number of likely N-dealkylation sites (tertiary alicyclic amines) is 1. The second-order valence-electron chi connectivity index (χ2n) is 8.72. The summed E-state index contributed by atoms with van der Waals surface area (Å²) in [5.41, 5.74) is 3.43. The van der Waals surface area contributed by atoms with Crippen LogP contribution in [0.4, 0.5) is 0 Å². The van der Waals surface area contributed by atoms with Gasteiger partial charge in [-0.25, -0.2) is 0 Å². The van der Waals surface area contributed by atoms with E-state index < -0.39 is 6.04 Å². The third-order valence-electron chi connectivity index (χ3n) is 6.64. The van der Waals surface area contributed by atoms with E-state index in [4.69, 9.17) is 4.74 Å². The lowest BCUT2D eigenvalue weighted by Crippen LogP contribution is -2.56. The highest BCUT2D eigenvalue weighted by Crippen LogP contribution is 2.23. The monoisotopic (exact) mass is 449 g/mol. The fourth-order valence-electron chi connectivity index (χ4n) is 4.67. The zero-order chi connectivity index (χ0) is 23.2. The van der Waals surface area contributed by atoms with E-state index in [1.165, 1.54) is 12.7 Å². The maximum atomic E-state index is 13.0. The first-order valence-corrected chi connectivity index (χ1v) is 11.6. The zero-order valence-corrected chi connectivity index (χ0v) is 19.0. The van der Waals surface area contributed by atoms with Crippen molar-refractivity contribution in [3.63, 3.8) is 0 Å². The molecule has 0 unspecified atom stereocenters. The fourth-order valence-corrected chi connectivity index (χ4v) is 4.67. The summed E-state index contributed by atoms with van der Waals surface area (Å²) in [5.74, 6) is -0.490. The average molecular weight is 450 g/mol. The number of methoxy groups -OCH3 is 1. The van der Waals surface area contributed by atoms with Gasteiger partial charge in [0.1, 0.15) is 0 Å². The van der Waals surface area contributed by atoms with Crippen molar-refractivity contribution in [1.29, 1.82) is 0 Å². The van der Waals surface area contributed by atoms with Crippen molar-refractivity contribution in [1.82, 2.24) is 15.1 Å². The number of nitrogens with one attached hydrogen (secondary N) is 1. The van der Waals surface area contributed by atoms with E-state index in [2.05, 4.69) is 46.6 Å². The van der Waals surface area contributed by atoms with Crippen molar-refractivity contribution in [2.24, 2.45) is 5.92 Å². The molecule has 2 aliphatic heterocycles. The molecule has 0 bridgehead atoms. The Labute approximate surface area is 194 Å². The number of nitrogens with zero attached hydrogens (tertiary/aromatic N) is 2. The summed E-state index contributed by atoms with van der Waals surface area (Å²) >= 11 is 0. The smallest absolute Gasteiger partial charge is 0.308 e. The van der Waals surface area contributed by atoms with E-state index in [0.717, 1.165) is 11.1 Å². The Kier molecular flexibility index (Phi) is 7.40. The topological polar surface area (TPSA) is 78.9 Å². The van der Waals surface area contributed by atoms with Crippen molar-refractivity contribution in [2.75, 3.05) is 33.3 Å². The van der Waals surface area contributed by atoms with Crippen LogP contribution in [0.5, 0.6) is 0 Å². The van der Waals surface area contributed by atoms with Gasteiger partial charge in [-0.3, -0.25) is 19.3 Å². The van der Waals surface area contributed by atoms with Gasteiger partial charge in [-0.2, -0.15) is 0 Å². The lowest BCUT2D eigenvalue weighted by atomic mass is 9.96. The predicted octanol–water partition coefficient (Wildman–Crippen LogP) is 2.46.